The van der Waals surface area contributed by atoms with Gasteiger partial charge in [-0.25, -0.2) is 4.79 Å². The van der Waals surface area contributed by atoms with Crippen molar-refractivity contribution in [2.45, 2.75) is 25.7 Å². The van der Waals surface area contributed by atoms with Gasteiger partial charge < -0.3 is 9.32 Å². The molecule has 1 fully saturated rings. The highest BCUT2D eigenvalue weighted by Gasteiger charge is 2.29. The van der Waals surface area contributed by atoms with E-state index in [0.29, 0.717) is 18.7 Å². The van der Waals surface area contributed by atoms with E-state index in [1.165, 1.54) is 0 Å². The normalized spacial score (nSPS) is 17.8. The number of carbonyl (C=O) groups excluding carboxylic acids is 1. The van der Waals surface area contributed by atoms with Gasteiger partial charge in [-0.3, -0.25) is 4.79 Å². The summed E-state index contributed by atoms with van der Waals surface area (Å²) in [6.45, 7) is 3.12. The Labute approximate surface area is 148 Å². The van der Waals surface area contributed by atoms with E-state index >= 15 is 0 Å². The van der Waals surface area contributed by atoms with Gasteiger partial charge in [-0.2, -0.15) is 0 Å². The predicted octanol–water partition coefficient (Wildman–Crippen LogP) is 2.97. The van der Waals surface area contributed by atoms with E-state index in [1.807, 2.05) is 19.1 Å². The number of amides is 1. The van der Waals surface area contributed by atoms with Gasteiger partial charge in [0.15, 0.2) is 0 Å². The number of piperidine rings is 1. The van der Waals surface area contributed by atoms with Crippen molar-refractivity contribution in [2.24, 2.45) is 0 Å². The first-order valence-corrected chi connectivity index (χ1v) is 9.05. The molecule has 1 aromatic carbocycles. The Bertz CT molecular complexity index is 994. The molecule has 0 N–H and O–H groups in total. The Morgan fingerprint density at radius 2 is 2.16 bits per heavy atom. The lowest BCUT2D eigenvalue weighted by atomic mass is 9.98. The van der Waals surface area contributed by atoms with Gasteiger partial charge in [0.2, 0.25) is 0 Å². The number of benzene rings is 1. The first kappa shape index (κ1) is 16.0. The second kappa shape index (κ2) is 6.40. The number of aryl methyl sites for hydroxylation is 1. The lowest BCUT2D eigenvalue weighted by molar-refractivity contribution is 0.0702. The molecular weight excluding hydrogens is 338 g/mol. The summed E-state index contributed by atoms with van der Waals surface area (Å²) in [5, 5.41) is 10.9. The molecular formula is C18H17N3O3S. The molecule has 25 heavy (non-hydrogen) atoms. The molecule has 0 aliphatic carbocycles. The van der Waals surface area contributed by atoms with E-state index in [-0.39, 0.29) is 17.4 Å². The zero-order chi connectivity index (χ0) is 17.4. The molecule has 3 aromatic rings. The van der Waals surface area contributed by atoms with Crippen LogP contribution in [-0.4, -0.2) is 34.1 Å². The van der Waals surface area contributed by atoms with Gasteiger partial charge in [0.1, 0.15) is 21.2 Å². The van der Waals surface area contributed by atoms with Crippen molar-refractivity contribution in [3.05, 3.63) is 56.3 Å². The monoisotopic (exact) mass is 355 g/mol. The lowest BCUT2D eigenvalue weighted by Crippen LogP contribution is -2.40. The standard InChI is InChI=1S/C18H17N3O3S/c1-11-19-20-16(25-11)13-6-4-8-21(10-13)17(22)14-9-12-5-2-3-7-15(12)24-18(14)23/h2-3,5,7,9,13H,4,6,8,10H2,1H3/t13-/m0/s1. The second-order valence-electron chi connectivity index (χ2n) is 6.23. The van der Waals surface area contributed by atoms with E-state index < -0.39 is 5.63 Å². The molecule has 4 rings (SSSR count). The SMILES string of the molecule is Cc1nnc([C@H]2CCCN(C(=O)c3cc4ccccc4oc3=O)C2)s1. The Kier molecular flexibility index (Phi) is 4.09. The number of fused-ring (bicyclic) bond motifs is 1. The van der Waals surface area contributed by atoms with Gasteiger partial charge >= 0.3 is 5.63 Å². The molecule has 0 saturated carbocycles. The summed E-state index contributed by atoms with van der Waals surface area (Å²) in [6, 6.07) is 8.83. The first-order chi connectivity index (χ1) is 12.1. The van der Waals surface area contributed by atoms with Crippen LogP contribution in [0.1, 0.15) is 39.1 Å². The summed E-state index contributed by atoms with van der Waals surface area (Å²) in [6.07, 6.45) is 1.86. The lowest BCUT2D eigenvalue weighted by Gasteiger charge is -2.31. The molecule has 1 aliphatic rings. The zero-order valence-corrected chi connectivity index (χ0v) is 14.6. The van der Waals surface area contributed by atoms with Gasteiger partial charge in [-0.05, 0) is 31.9 Å². The molecule has 3 heterocycles. The Morgan fingerprint density at radius 3 is 2.96 bits per heavy atom. The fourth-order valence-corrected chi connectivity index (χ4v) is 4.05. The number of carbonyl (C=O) groups is 1. The maximum atomic E-state index is 12.9. The van der Waals surface area contributed by atoms with Crippen molar-refractivity contribution < 1.29 is 9.21 Å². The van der Waals surface area contributed by atoms with Crippen LogP contribution in [-0.2, 0) is 0 Å². The summed E-state index contributed by atoms with van der Waals surface area (Å²) in [5.41, 5.74) is -0.00437. The van der Waals surface area contributed by atoms with E-state index in [9.17, 15) is 9.59 Å². The van der Waals surface area contributed by atoms with E-state index in [0.717, 1.165) is 28.2 Å². The number of aromatic nitrogens is 2. The molecule has 0 bridgehead atoms. The smallest absolute Gasteiger partial charge is 0.349 e. The van der Waals surface area contributed by atoms with E-state index in [1.54, 1.807) is 34.4 Å². The molecule has 0 unspecified atom stereocenters. The van der Waals surface area contributed by atoms with Gasteiger partial charge in [0, 0.05) is 24.4 Å². The van der Waals surface area contributed by atoms with Crippen LogP contribution in [0.3, 0.4) is 0 Å². The molecule has 2 aromatic heterocycles. The first-order valence-electron chi connectivity index (χ1n) is 8.24. The van der Waals surface area contributed by atoms with Crippen LogP contribution in [0.5, 0.6) is 0 Å². The Hall–Kier alpha value is -2.54. The van der Waals surface area contributed by atoms with Crippen LogP contribution in [0.4, 0.5) is 0 Å². The molecule has 1 atom stereocenters. The van der Waals surface area contributed by atoms with E-state index in [2.05, 4.69) is 10.2 Å². The van der Waals surface area contributed by atoms with Crippen LogP contribution >= 0.6 is 11.3 Å². The van der Waals surface area contributed by atoms with Gasteiger partial charge in [0.25, 0.3) is 5.91 Å². The Balaban J connectivity index is 1.62. The number of rotatable bonds is 2. The van der Waals surface area contributed by atoms with Crippen LogP contribution in [0.15, 0.2) is 39.5 Å². The zero-order valence-electron chi connectivity index (χ0n) is 13.8. The highest BCUT2D eigenvalue weighted by molar-refractivity contribution is 7.11. The Morgan fingerprint density at radius 1 is 1.32 bits per heavy atom. The van der Waals surface area contributed by atoms with Crippen LogP contribution in [0, 0.1) is 6.92 Å². The summed E-state index contributed by atoms with van der Waals surface area (Å²) in [4.78, 5) is 26.8. The number of para-hydroxylation sites is 1. The molecule has 128 valence electrons. The average Bonchev–Trinajstić information content (AvgIpc) is 3.07. The average molecular weight is 355 g/mol. The molecule has 1 amide bonds. The van der Waals surface area contributed by atoms with Crippen LogP contribution < -0.4 is 5.63 Å². The quantitative estimate of drug-likeness (QED) is 0.661. The number of nitrogens with zero attached hydrogens (tertiary/aromatic N) is 3. The fraction of sp³-hybridized carbons (Fsp3) is 0.333. The second-order valence-corrected chi connectivity index (χ2v) is 7.45. The van der Waals surface area contributed by atoms with Crippen LogP contribution in [0.25, 0.3) is 11.0 Å². The molecule has 1 saturated heterocycles. The molecule has 0 radical (unpaired) electrons. The van der Waals surface area contributed by atoms with E-state index in [4.69, 9.17) is 4.42 Å². The van der Waals surface area contributed by atoms with Crippen molar-refractivity contribution in [1.29, 1.82) is 0 Å². The maximum Gasteiger partial charge on any atom is 0.349 e. The molecule has 6 nitrogen and oxygen atoms in total. The van der Waals surface area contributed by atoms with Crippen molar-refractivity contribution in [3.63, 3.8) is 0 Å². The van der Waals surface area contributed by atoms with Crippen molar-refractivity contribution in [3.8, 4) is 0 Å². The number of hydrogen-bond donors (Lipinski definition) is 0. The molecule has 1 aliphatic heterocycles. The minimum atomic E-state index is -0.586. The van der Waals surface area contributed by atoms with Crippen molar-refractivity contribution in [2.75, 3.05) is 13.1 Å². The highest BCUT2D eigenvalue weighted by Crippen LogP contribution is 2.29. The maximum absolute atomic E-state index is 12.9. The van der Waals surface area contributed by atoms with Crippen molar-refractivity contribution >= 4 is 28.2 Å². The minimum absolute atomic E-state index is 0.0906. The van der Waals surface area contributed by atoms with Gasteiger partial charge in [-0.15, -0.1) is 21.5 Å². The highest BCUT2D eigenvalue weighted by atomic mass is 32.1. The fourth-order valence-electron chi connectivity index (χ4n) is 3.22. The number of likely N-dealkylation sites (tertiary alicyclic amines) is 1. The summed E-state index contributed by atoms with van der Waals surface area (Å²) in [5.74, 6) is -0.0955. The summed E-state index contributed by atoms with van der Waals surface area (Å²) >= 11 is 1.57. The van der Waals surface area contributed by atoms with Gasteiger partial charge in [0.05, 0.1) is 0 Å². The topological polar surface area (TPSA) is 76.3 Å². The summed E-state index contributed by atoms with van der Waals surface area (Å²) in [7, 11) is 0. The third-order valence-electron chi connectivity index (χ3n) is 4.47. The third kappa shape index (κ3) is 3.07. The van der Waals surface area contributed by atoms with Crippen molar-refractivity contribution in [1.82, 2.24) is 15.1 Å². The van der Waals surface area contributed by atoms with Gasteiger partial charge in [-0.1, -0.05) is 18.2 Å². The minimum Gasteiger partial charge on any atom is -0.422 e. The molecule has 0 spiro atoms. The third-order valence-corrected chi connectivity index (χ3v) is 5.47. The molecule has 7 heteroatoms. The number of hydrogen-bond acceptors (Lipinski definition) is 6. The largest absolute Gasteiger partial charge is 0.422 e. The van der Waals surface area contributed by atoms with Crippen LogP contribution in [0.2, 0.25) is 0 Å². The summed E-state index contributed by atoms with van der Waals surface area (Å²) < 4.78 is 5.30. The predicted molar refractivity (Wildman–Crippen MR) is 95.0 cm³/mol.